The van der Waals surface area contributed by atoms with E-state index in [2.05, 4.69) is 18.3 Å². The average Bonchev–Trinajstić information content (AvgIpc) is 2.41. The zero-order valence-corrected chi connectivity index (χ0v) is 14.3. The monoisotopic (exact) mass is 291 g/mol. The van der Waals surface area contributed by atoms with E-state index in [-0.39, 0.29) is 0 Å². The molecule has 0 radical (unpaired) electrons. The molecule has 0 aromatic carbocycles. The van der Waals surface area contributed by atoms with E-state index < -0.39 is 0 Å². The van der Waals surface area contributed by atoms with Crippen LogP contribution < -0.4 is 5.32 Å². The van der Waals surface area contributed by atoms with Gasteiger partial charge in [-0.15, -0.1) is 0 Å². The Morgan fingerprint density at radius 1 is 0.952 bits per heavy atom. The molecule has 122 valence electrons. The lowest BCUT2D eigenvalue weighted by Gasteiger charge is -2.32. The number of allylic oxidation sites excluding steroid dienone is 1. The van der Waals surface area contributed by atoms with Gasteiger partial charge in [0, 0.05) is 6.04 Å². The second kappa shape index (κ2) is 10.4. The van der Waals surface area contributed by atoms with Crippen LogP contribution in [-0.4, -0.2) is 12.6 Å². The summed E-state index contributed by atoms with van der Waals surface area (Å²) in [5.74, 6) is 0.905. The second-order valence-electron chi connectivity index (χ2n) is 7.27. The predicted molar refractivity (Wildman–Crippen MR) is 93.7 cm³/mol. The van der Waals surface area contributed by atoms with Crippen molar-refractivity contribution in [1.29, 1.82) is 0 Å². The zero-order chi connectivity index (χ0) is 14.8. The molecular weight excluding hydrogens is 254 g/mol. The number of hydrogen-bond donors (Lipinski definition) is 1. The SMILES string of the molecule is CCCNC(C1=CCCCCCC1)C1CCCCCCC1. The van der Waals surface area contributed by atoms with E-state index in [9.17, 15) is 0 Å². The van der Waals surface area contributed by atoms with Crippen LogP contribution in [0.5, 0.6) is 0 Å². The lowest BCUT2D eigenvalue weighted by Crippen LogP contribution is -2.39. The molecular formula is C20H37N. The van der Waals surface area contributed by atoms with E-state index in [4.69, 9.17) is 0 Å². The molecule has 1 fully saturated rings. The lowest BCUT2D eigenvalue weighted by molar-refractivity contribution is 0.304. The van der Waals surface area contributed by atoms with Crippen molar-refractivity contribution >= 4 is 0 Å². The Bertz CT molecular complexity index is 286. The third-order valence-electron chi connectivity index (χ3n) is 5.46. The van der Waals surface area contributed by atoms with Crippen LogP contribution in [0.2, 0.25) is 0 Å². The van der Waals surface area contributed by atoms with Crippen molar-refractivity contribution < 1.29 is 0 Å². The topological polar surface area (TPSA) is 12.0 Å². The first-order chi connectivity index (χ1) is 10.4. The van der Waals surface area contributed by atoms with Crippen LogP contribution in [0.1, 0.15) is 96.8 Å². The van der Waals surface area contributed by atoms with E-state index in [0.29, 0.717) is 6.04 Å². The van der Waals surface area contributed by atoms with Crippen molar-refractivity contribution in [1.82, 2.24) is 5.32 Å². The van der Waals surface area contributed by atoms with Gasteiger partial charge in [0.2, 0.25) is 0 Å². The zero-order valence-electron chi connectivity index (χ0n) is 14.3. The maximum atomic E-state index is 3.94. The van der Waals surface area contributed by atoms with Crippen LogP contribution in [0.4, 0.5) is 0 Å². The molecule has 1 unspecified atom stereocenters. The standard InChI is InChI=1S/C20H37N/c1-2-17-21-20(18-13-9-5-3-6-10-14-18)19-15-11-7-4-8-12-16-19/h13,19-21H,2-12,14-17H2,1H3. The Labute approximate surface area is 133 Å². The maximum Gasteiger partial charge on any atom is 0.0307 e. The normalized spacial score (nSPS) is 24.3. The molecule has 0 amide bonds. The van der Waals surface area contributed by atoms with Crippen molar-refractivity contribution in [3.63, 3.8) is 0 Å². The van der Waals surface area contributed by atoms with Gasteiger partial charge in [0.1, 0.15) is 0 Å². The second-order valence-corrected chi connectivity index (χ2v) is 7.27. The molecule has 0 heterocycles. The fraction of sp³-hybridized carbons (Fsp3) is 0.900. The molecule has 21 heavy (non-hydrogen) atoms. The first-order valence-electron chi connectivity index (χ1n) is 9.84. The molecule has 0 spiro atoms. The third-order valence-corrected chi connectivity index (χ3v) is 5.46. The van der Waals surface area contributed by atoms with Crippen LogP contribution in [-0.2, 0) is 0 Å². The van der Waals surface area contributed by atoms with Gasteiger partial charge in [0.05, 0.1) is 0 Å². The van der Waals surface area contributed by atoms with Crippen molar-refractivity contribution in [2.45, 2.75) is 103 Å². The summed E-state index contributed by atoms with van der Waals surface area (Å²) in [5, 5.41) is 3.94. The van der Waals surface area contributed by atoms with Gasteiger partial charge in [0.15, 0.2) is 0 Å². The predicted octanol–water partition coefficient (Wildman–Crippen LogP) is 6.00. The summed E-state index contributed by atoms with van der Waals surface area (Å²) in [4.78, 5) is 0. The molecule has 1 saturated carbocycles. The molecule has 0 saturated heterocycles. The highest BCUT2D eigenvalue weighted by molar-refractivity contribution is 5.13. The Morgan fingerprint density at radius 3 is 2.38 bits per heavy atom. The Hall–Kier alpha value is -0.300. The summed E-state index contributed by atoms with van der Waals surface area (Å²) >= 11 is 0. The van der Waals surface area contributed by atoms with Gasteiger partial charge in [0.25, 0.3) is 0 Å². The highest BCUT2D eigenvalue weighted by Gasteiger charge is 2.24. The summed E-state index contributed by atoms with van der Waals surface area (Å²) in [6.07, 6.45) is 22.5. The molecule has 1 N–H and O–H groups in total. The molecule has 0 aliphatic heterocycles. The summed E-state index contributed by atoms with van der Waals surface area (Å²) in [7, 11) is 0. The van der Waals surface area contributed by atoms with Gasteiger partial charge >= 0.3 is 0 Å². The van der Waals surface area contributed by atoms with Gasteiger partial charge in [-0.1, -0.05) is 63.5 Å². The van der Waals surface area contributed by atoms with E-state index in [1.807, 2.05) is 0 Å². The van der Waals surface area contributed by atoms with Crippen LogP contribution in [0, 0.1) is 5.92 Å². The minimum atomic E-state index is 0.696. The van der Waals surface area contributed by atoms with Gasteiger partial charge in [-0.3, -0.25) is 0 Å². The maximum absolute atomic E-state index is 3.94. The summed E-state index contributed by atoms with van der Waals surface area (Å²) in [6, 6.07) is 0.696. The Morgan fingerprint density at radius 2 is 1.62 bits per heavy atom. The molecule has 0 bridgehead atoms. The largest absolute Gasteiger partial charge is 0.310 e. The van der Waals surface area contributed by atoms with Crippen LogP contribution in [0.15, 0.2) is 11.6 Å². The van der Waals surface area contributed by atoms with Gasteiger partial charge in [-0.2, -0.15) is 0 Å². The number of nitrogens with one attached hydrogen (secondary N) is 1. The summed E-state index contributed by atoms with van der Waals surface area (Å²) in [6.45, 7) is 3.49. The molecule has 0 aromatic heterocycles. The van der Waals surface area contributed by atoms with Gasteiger partial charge in [-0.05, 0) is 57.4 Å². The molecule has 1 nitrogen and oxygen atoms in total. The summed E-state index contributed by atoms with van der Waals surface area (Å²) < 4.78 is 0. The Balaban J connectivity index is 2.02. The number of hydrogen-bond acceptors (Lipinski definition) is 1. The van der Waals surface area contributed by atoms with Gasteiger partial charge < -0.3 is 5.32 Å². The van der Waals surface area contributed by atoms with Crippen molar-refractivity contribution in [3.05, 3.63) is 11.6 Å². The highest BCUT2D eigenvalue weighted by Crippen LogP contribution is 2.31. The minimum absolute atomic E-state index is 0.696. The summed E-state index contributed by atoms with van der Waals surface area (Å²) in [5.41, 5.74) is 1.77. The quantitative estimate of drug-likeness (QED) is 0.613. The molecule has 0 aromatic rings. The fourth-order valence-electron chi connectivity index (χ4n) is 4.22. The molecule has 2 rings (SSSR count). The Kier molecular flexibility index (Phi) is 8.47. The molecule has 2 aliphatic carbocycles. The average molecular weight is 292 g/mol. The van der Waals surface area contributed by atoms with Crippen molar-refractivity contribution in [2.24, 2.45) is 5.92 Å². The van der Waals surface area contributed by atoms with Crippen LogP contribution >= 0.6 is 0 Å². The molecule has 1 atom stereocenters. The smallest absolute Gasteiger partial charge is 0.0307 e. The van der Waals surface area contributed by atoms with Crippen LogP contribution in [0.3, 0.4) is 0 Å². The first kappa shape index (κ1) is 17.1. The first-order valence-corrected chi connectivity index (χ1v) is 9.84. The van der Waals surface area contributed by atoms with Crippen molar-refractivity contribution in [2.75, 3.05) is 6.54 Å². The van der Waals surface area contributed by atoms with E-state index in [1.54, 1.807) is 5.57 Å². The van der Waals surface area contributed by atoms with Crippen LogP contribution in [0.25, 0.3) is 0 Å². The minimum Gasteiger partial charge on any atom is -0.310 e. The van der Waals surface area contributed by atoms with E-state index in [1.165, 1.54) is 96.4 Å². The fourth-order valence-corrected chi connectivity index (χ4v) is 4.22. The highest BCUT2D eigenvalue weighted by atomic mass is 14.9. The van der Waals surface area contributed by atoms with Crippen molar-refractivity contribution in [3.8, 4) is 0 Å². The van der Waals surface area contributed by atoms with Gasteiger partial charge in [-0.25, -0.2) is 0 Å². The van der Waals surface area contributed by atoms with E-state index in [0.717, 1.165) is 5.92 Å². The third kappa shape index (κ3) is 6.14. The molecule has 2 aliphatic rings. The molecule has 1 heteroatoms. The lowest BCUT2D eigenvalue weighted by atomic mass is 9.80. The number of rotatable bonds is 5. The van der Waals surface area contributed by atoms with E-state index >= 15 is 0 Å².